The fourth-order valence-corrected chi connectivity index (χ4v) is 2.80. The molecule has 1 unspecified atom stereocenters. The number of hydrogen-bond donors (Lipinski definition) is 1. The lowest BCUT2D eigenvalue weighted by Gasteiger charge is -2.43. The Morgan fingerprint density at radius 1 is 1.16 bits per heavy atom. The monoisotopic (exact) mass is 265 g/mol. The van der Waals surface area contributed by atoms with E-state index < -0.39 is 6.10 Å². The van der Waals surface area contributed by atoms with E-state index in [4.69, 9.17) is 4.74 Å². The molecule has 1 aromatic carbocycles. The van der Waals surface area contributed by atoms with Gasteiger partial charge in [-0.15, -0.1) is 0 Å². The molecule has 0 saturated carbocycles. The molecule has 0 amide bonds. The fourth-order valence-electron chi connectivity index (χ4n) is 2.80. The Kier molecular flexibility index (Phi) is 5.83. The largest absolute Gasteiger partial charge is 0.493 e. The lowest BCUT2D eigenvalue weighted by atomic mass is 9.81. The van der Waals surface area contributed by atoms with Gasteiger partial charge in [-0.2, -0.15) is 0 Å². The van der Waals surface area contributed by atoms with Crippen LogP contribution in [0.5, 0.6) is 5.75 Å². The number of hydrogen-bond acceptors (Lipinski definition) is 3. The van der Waals surface area contributed by atoms with E-state index >= 15 is 0 Å². The van der Waals surface area contributed by atoms with E-state index in [1.54, 1.807) is 0 Å². The summed E-state index contributed by atoms with van der Waals surface area (Å²) in [7, 11) is 4.05. The zero-order valence-electron chi connectivity index (χ0n) is 12.8. The maximum Gasteiger partial charge on any atom is 0.125 e. The van der Waals surface area contributed by atoms with Crippen molar-refractivity contribution in [1.82, 2.24) is 4.90 Å². The van der Waals surface area contributed by atoms with Crippen molar-refractivity contribution in [3.05, 3.63) is 29.8 Å². The van der Waals surface area contributed by atoms with Gasteiger partial charge in [0.1, 0.15) is 11.9 Å². The molecule has 19 heavy (non-hydrogen) atoms. The van der Waals surface area contributed by atoms with Crippen LogP contribution in [0.15, 0.2) is 24.3 Å². The normalized spacial score (nSPS) is 13.6. The molecule has 3 nitrogen and oxygen atoms in total. The highest BCUT2D eigenvalue weighted by Gasteiger charge is 2.38. The summed E-state index contributed by atoms with van der Waals surface area (Å²) in [6.45, 7) is 6.81. The van der Waals surface area contributed by atoms with E-state index in [9.17, 15) is 5.11 Å². The molecular weight excluding hydrogens is 238 g/mol. The Balaban J connectivity index is 3.20. The molecule has 0 aliphatic rings. The van der Waals surface area contributed by atoms with Crippen LogP contribution >= 0.6 is 0 Å². The third-order valence-corrected chi connectivity index (χ3v) is 4.14. The quantitative estimate of drug-likeness (QED) is 0.821. The number of aliphatic hydroxyl groups is 1. The molecule has 0 aliphatic heterocycles. The minimum Gasteiger partial charge on any atom is -0.493 e. The summed E-state index contributed by atoms with van der Waals surface area (Å²) >= 11 is 0. The average molecular weight is 265 g/mol. The number of ether oxygens (including phenoxy) is 1. The van der Waals surface area contributed by atoms with E-state index in [2.05, 4.69) is 18.7 Å². The molecule has 0 spiro atoms. The van der Waals surface area contributed by atoms with E-state index in [1.165, 1.54) is 0 Å². The summed E-state index contributed by atoms with van der Waals surface area (Å²) in [6, 6.07) is 7.77. The maximum atomic E-state index is 10.9. The van der Waals surface area contributed by atoms with Crippen LogP contribution in [0.25, 0.3) is 0 Å². The molecular formula is C16H27NO2. The van der Waals surface area contributed by atoms with Crippen molar-refractivity contribution in [3.63, 3.8) is 0 Å². The van der Waals surface area contributed by atoms with Crippen LogP contribution in [-0.4, -0.2) is 36.2 Å². The fraction of sp³-hybridized carbons (Fsp3) is 0.625. The van der Waals surface area contributed by atoms with Crippen LogP contribution in [0.2, 0.25) is 0 Å². The highest BCUT2D eigenvalue weighted by molar-refractivity contribution is 5.37. The van der Waals surface area contributed by atoms with Crippen molar-refractivity contribution in [1.29, 1.82) is 0 Å². The minimum absolute atomic E-state index is 0.257. The lowest BCUT2D eigenvalue weighted by molar-refractivity contribution is -0.0163. The number of aliphatic hydroxyl groups excluding tert-OH is 1. The maximum absolute atomic E-state index is 10.9. The highest BCUT2D eigenvalue weighted by atomic mass is 16.5. The summed E-state index contributed by atoms with van der Waals surface area (Å²) in [5.74, 6) is 0.783. The van der Waals surface area contributed by atoms with Crippen molar-refractivity contribution in [2.75, 3.05) is 20.7 Å². The molecule has 108 valence electrons. The molecule has 0 saturated heterocycles. The van der Waals surface area contributed by atoms with Crippen LogP contribution < -0.4 is 4.74 Å². The van der Waals surface area contributed by atoms with Gasteiger partial charge in [0, 0.05) is 5.56 Å². The second-order valence-electron chi connectivity index (χ2n) is 5.08. The van der Waals surface area contributed by atoms with Crippen LogP contribution in [0, 0.1) is 0 Å². The predicted molar refractivity (Wildman–Crippen MR) is 79.6 cm³/mol. The molecule has 3 heteroatoms. The molecule has 0 aliphatic carbocycles. The summed E-state index contributed by atoms with van der Waals surface area (Å²) < 4.78 is 5.64. The topological polar surface area (TPSA) is 32.7 Å². The van der Waals surface area contributed by atoms with E-state index in [0.717, 1.165) is 24.2 Å². The molecule has 1 N–H and O–H groups in total. The Morgan fingerprint density at radius 3 is 2.21 bits per heavy atom. The van der Waals surface area contributed by atoms with Gasteiger partial charge < -0.3 is 14.7 Å². The van der Waals surface area contributed by atoms with Crippen molar-refractivity contribution in [3.8, 4) is 5.75 Å². The Morgan fingerprint density at radius 2 is 1.74 bits per heavy atom. The molecule has 1 aromatic rings. The van der Waals surface area contributed by atoms with Crippen LogP contribution in [0.4, 0.5) is 0 Å². The van der Waals surface area contributed by atoms with Crippen LogP contribution in [-0.2, 0) is 0 Å². The van der Waals surface area contributed by atoms with E-state index in [0.29, 0.717) is 6.61 Å². The van der Waals surface area contributed by atoms with Crippen molar-refractivity contribution < 1.29 is 9.84 Å². The average Bonchev–Trinajstić information content (AvgIpc) is 2.41. The Labute approximate surface area is 117 Å². The first-order valence-electron chi connectivity index (χ1n) is 7.10. The van der Waals surface area contributed by atoms with Crippen LogP contribution in [0.3, 0.4) is 0 Å². The van der Waals surface area contributed by atoms with Crippen molar-refractivity contribution in [2.45, 2.75) is 45.3 Å². The number of likely N-dealkylation sites (N-methyl/N-ethyl adjacent to an activating group) is 1. The van der Waals surface area contributed by atoms with Gasteiger partial charge in [-0.05, 0) is 39.9 Å². The Bertz CT molecular complexity index is 386. The second kappa shape index (κ2) is 6.92. The summed E-state index contributed by atoms with van der Waals surface area (Å²) in [5.41, 5.74) is 0.620. The molecule has 0 radical (unpaired) electrons. The predicted octanol–water partition coefficient (Wildman–Crippen LogP) is 3.24. The molecule has 0 fully saturated rings. The molecule has 1 atom stereocenters. The Hall–Kier alpha value is -1.06. The van der Waals surface area contributed by atoms with Gasteiger partial charge >= 0.3 is 0 Å². The van der Waals surface area contributed by atoms with Crippen molar-refractivity contribution in [2.24, 2.45) is 0 Å². The first-order valence-corrected chi connectivity index (χ1v) is 7.10. The molecule has 1 rings (SSSR count). The highest BCUT2D eigenvalue weighted by Crippen LogP contribution is 2.39. The second-order valence-corrected chi connectivity index (χ2v) is 5.08. The zero-order chi connectivity index (χ0) is 14.5. The summed E-state index contributed by atoms with van der Waals surface area (Å²) in [4.78, 5) is 2.13. The number of benzene rings is 1. The summed E-state index contributed by atoms with van der Waals surface area (Å²) in [5, 5.41) is 10.9. The van der Waals surface area contributed by atoms with Gasteiger partial charge in [0.05, 0.1) is 12.1 Å². The standard InChI is InChI=1S/C16H27NO2/c1-6-16(7-2,17(4)5)15(18)13-11-9-10-12-14(13)19-8-3/h9-12,15,18H,6-8H2,1-5H3. The van der Waals surface area contributed by atoms with Gasteiger partial charge in [-0.3, -0.25) is 0 Å². The zero-order valence-corrected chi connectivity index (χ0v) is 12.8. The smallest absolute Gasteiger partial charge is 0.125 e. The lowest BCUT2D eigenvalue weighted by Crippen LogP contribution is -2.48. The SMILES string of the molecule is CCOc1ccccc1C(O)C(CC)(CC)N(C)C. The third kappa shape index (κ3) is 3.10. The molecule has 0 aromatic heterocycles. The van der Waals surface area contributed by atoms with Crippen LogP contribution in [0.1, 0.15) is 45.3 Å². The van der Waals surface area contributed by atoms with Gasteiger partial charge in [0.15, 0.2) is 0 Å². The van der Waals surface area contributed by atoms with Gasteiger partial charge in [-0.25, -0.2) is 0 Å². The van der Waals surface area contributed by atoms with E-state index in [1.807, 2.05) is 45.3 Å². The van der Waals surface area contributed by atoms with Gasteiger partial charge in [-0.1, -0.05) is 32.0 Å². The number of para-hydroxylation sites is 1. The first kappa shape index (κ1) is 16.0. The van der Waals surface area contributed by atoms with Gasteiger partial charge in [0.2, 0.25) is 0 Å². The van der Waals surface area contributed by atoms with Gasteiger partial charge in [0.25, 0.3) is 0 Å². The number of rotatable bonds is 7. The van der Waals surface area contributed by atoms with Crippen molar-refractivity contribution >= 4 is 0 Å². The first-order chi connectivity index (χ1) is 9.03. The summed E-state index contributed by atoms with van der Waals surface area (Å²) in [6.07, 6.45) is 1.22. The molecule has 0 heterocycles. The third-order valence-electron chi connectivity index (χ3n) is 4.14. The number of nitrogens with zero attached hydrogens (tertiary/aromatic N) is 1. The minimum atomic E-state index is -0.555. The molecule has 0 bridgehead atoms. The van der Waals surface area contributed by atoms with E-state index in [-0.39, 0.29) is 5.54 Å².